The smallest absolute Gasteiger partial charge is 0.306 e. The van der Waals surface area contributed by atoms with Crippen LogP contribution in [0.15, 0.2) is 146 Å². The number of esters is 3. The van der Waals surface area contributed by atoms with Gasteiger partial charge in [-0.2, -0.15) is 0 Å². The summed E-state index contributed by atoms with van der Waals surface area (Å²) in [6.07, 6.45) is 97.1. The third-order valence-corrected chi connectivity index (χ3v) is 13.8. The van der Waals surface area contributed by atoms with Gasteiger partial charge in [0.1, 0.15) is 13.2 Å². The predicted molar refractivity (Wildman–Crippen MR) is 352 cm³/mol. The van der Waals surface area contributed by atoms with Crippen LogP contribution in [0.4, 0.5) is 0 Å². The fraction of sp³-hybridized carbons (Fsp3) is 0.640. The highest BCUT2D eigenvalue weighted by atomic mass is 16.6. The van der Waals surface area contributed by atoms with Crippen molar-refractivity contribution in [3.63, 3.8) is 0 Å². The molecule has 458 valence electrons. The monoisotopic (exact) mass is 1120 g/mol. The van der Waals surface area contributed by atoms with Crippen molar-refractivity contribution in [2.75, 3.05) is 13.2 Å². The van der Waals surface area contributed by atoms with Crippen LogP contribution in [0.5, 0.6) is 0 Å². The van der Waals surface area contributed by atoms with Gasteiger partial charge in [0, 0.05) is 19.3 Å². The first-order valence-electron chi connectivity index (χ1n) is 33.3. The highest BCUT2D eigenvalue weighted by Crippen LogP contribution is 2.15. The number of allylic oxidation sites excluding steroid dienone is 24. The molecule has 0 fully saturated rings. The van der Waals surface area contributed by atoms with Gasteiger partial charge >= 0.3 is 17.9 Å². The number of carbonyl (C=O) groups is 3. The zero-order valence-corrected chi connectivity index (χ0v) is 52.5. The number of hydrogen-bond acceptors (Lipinski definition) is 6. The lowest BCUT2D eigenvalue weighted by Gasteiger charge is -2.18. The van der Waals surface area contributed by atoms with E-state index >= 15 is 0 Å². The summed E-state index contributed by atoms with van der Waals surface area (Å²) in [5.41, 5.74) is 0. The fourth-order valence-corrected chi connectivity index (χ4v) is 8.88. The second-order valence-corrected chi connectivity index (χ2v) is 21.6. The van der Waals surface area contributed by atoms with Gasteiger partial charge in [-0.25, -0.2) is 0 Å². The van der Waals surface area contributed by atoms with Crippen LogP contribution >= 0.6 is 0 Å². The number of hydrogen-bond donors (Lipinski definition) is 0. The number of ether oxygens (including phenoxy) is 3. The molecule has 81 heavy (non-hydrogen) atoms. The molecule has 0 saturated carbocycles. The van der Waals surface area contributed by atoms with Crippen LogP contribution in [0.25, 0.3) is 0 Å². The molecule has 0 aromatic rings. The summed E-state index contributed by atoms with van der Waals surface area (Å²) in [5.74, 6) is -0.945. The predicted octanol–water partition coefficient (Wildman–Crippen LogP) is 23.1. The van der Waals surface area contributed by atoms with Crippen LogP contribution in [0.3, 0.4) is 0 Å². The Balaban J connectivity index is 4.45. The molecule has 0 radical (unpaired) electrons. The first-order chi connectivity index (χ1) is 40.0. The molecule has 0 aliphatic heterocycles. The lowest BCUT2D eigenvalue weighted by atomic mass is 10.0. The van der Waals surface area contributed by atoms with Gasteiger partial charge in [-0.15, -0.1) is 0 Å². The molecule has 0 aromatic carbocycles. The molecule has 0 aromatic heterocycles. The molecular weight excluding hydrogens is 997 g/mol. The largest absolute Gasteiger partial charge is 0.462 e. The Bertz CT molecular complexity index is 1760. The van der Waals surface area contributed by atoms with Crippen LogP contribution in [-0.4, -0.2) is 37.2 Å². The molecular formula is C75H122O6. The summed E-state index contributed by atoms with van der Waals surface area (Å²) >= 11 is 0. The minimum atomic E-state index is -0.810. The maximum atomic E-state index is 12.9. The summed E-state index contributed by atoms with van der Waals surface area (Å²) in [6.45, 7) is 6.36. The zero-order chi connectivity index (χ0) is 58.5. The van der Waals surface area contributed by atoms with Crippen molar-refractivity contribution in [2.24, 2.45) is 0 Å². The summed E-state index contributed by atoms with van der Waals surface area (Å²) in [5, 5.41) is 0. The molecule has 0 aliphatic carbocycles. The summed E-state index contributed by atoms with van der Waals surface area (Å²) in [7, 11) is 0. The second-order valence-electron chi connectivity index (χ2n) is 21.6. The maximum Gasteiger partial charge on any atom is 0.306 e. The van der Waals surface area contributed by atoms with E-state index in [0.29, 0.717) is 12.8 Å². The quantitative estimate of drug-likeness (QED) is 0.0261. The van der Waals surface area contributed by atoms with Crippen molar-refractivity contribution < 1.29 is 28.6 Å². The molecule has 0 rings (SSSR count). The lowest BCUT2D eigenvalue weighted by Crippen LogP contribution is -2.30. The van der Waals surface area contributed by atoms with Gasteiger partial charge in [0.2, 0.25) is 0 Å². The molecule has 0 saturated heterocycles. The van der Waals surface area contributed by atoms with Crippen LogP contribution in [0.1, 0.15) is 290 Å². The van der Waals surface area contributed by atoms with Gasteiger partial charge in [0.25, 0.3) is 0 Å². The Hall–Kier alpha value is -4.71. The highest BCUT2D eigenvalue weighted by Gasteiger charge is 2.19. The molecule has 6 heteroatoms. The van der Waals surface area contributed by atoms with Crippen molar-refractivity contribution in [3.8, 4) is 0 Å². The van der Waals surface area contributed by atoms with Crippen molar-refractivity contribution in [2.45, 2.75) is 297 Å². The number of carbonyl (C=O) groups excluding carboxylic acids is 3. The van der Waals surface area contributed by atoms with Gasteiger partial charge in [0.15, 0.2) is 6.10 Å². The standard InChI is InChI=1S/C75H122O6/c1-4-7-10-13-16-19-22-25-28-31-34-35-36-37-38-39-42-44-47-50-53-56-59-62-65-68-74(77)80-71-72(81-75(78)69-66-63-60-57-54-51-48-45-41-33-30-27-24-21-18-15-12-9-6-3)70-79-73(76)67-64-61-58-55-52-49-46-43-40-32-29-26-23-20-17-14-11-8-5-2/h7,9-10,12,16-21,25-30,34-35,40-41,43,45,51,54,72H,4-6,8,11,13-15,22-24,31-33,36-39,42,44,46-50,52-53,55-71H2,1-3H3/b10-7-,12-9-,19-16-,20-17-,21-18-,28-25-,29-26-,30-27-,35-34-,43-40-,45-41-,54-51-. The van der Waals surface area contributed by atoms with E-state index in [0.717, 1.165) is 148 Å². The summed E-state index contributed by atoms with van der Waals surface area (Å²) in [4.78, 5) is 38.4. The SMILES string of the molecule is CC/C=C\C/C=C\C/C=C\C/C=C\C/C=C\CCCCCC(=O)OC(COC(=O)CCCCCCCC/C=C\C/C=C\C/C=C\CCCCC)COC(=O)CCCCCCCCCCCCCC/C=C\C/C=C\C/C=C\C/C=C\CC. The molecule has 6 nitrogen and oxygen atoms in total. The normalized spacial score (nSPS) is 13.1. The third-order valence-electron chi connectivity index (χ3n) is 13.8. The minimum absolute atomic E-state index is 0.101. The topological polar surface area (TPSA) is 78.9 Å². The molecule has 0 bridgehead atoms. The van der Waals surface area contributed by atoms with Crippen LogP contribution in [0, 0.1) is 0 Å². The van der Waals surface area contributed by atoms with E-state index in [2.05, 4.69) is 167 Å². The van der Waals surface area contributed by atoms with Crippen molar-refractivity contribution in [1.29, 1.82) is 0 Å². The first-order valence-corrected chi connectivity index (χ1v) is 33.3. The van der Waals surface area contributed by atoms with E-state index in [1.54, 1.807) is 0 Å². The van der Waals surface area contributed by atoms with Crippen molar-refractivity contribution in [1.82, 2.24) is 0 Å². The number of unbranched alkanes of at least 4 members (excludes halogenated alkanes) is 24. The molecule has 0 amide bonds. The van der Waals surface area contributed by atoms with Crippen LogP contribution in [-0.2, 0) is 28.6 Å². The third kappa shape index (κ3) is 66.0. The van der Waals surface area contributed by atoms with E-state index in [9.17, 15) is 14.4 Å². The highest BCUT2D eigenvalue weighted by molar-refractivity contribution is 5.71. The van der Waals surface area contributed by atoms with Crippen LogP contribution in [0.2, 0.25) is 0 Å². The van der Waals surface area contributed by atoms with Gasteiger partial charge in [0.05, 0.1) is 0 Å². The van der Waals surface area contributed by atoms with Gasteiger partial charge in [-0.05, 0) is 141 Å². The van der Waals surface area contributed by atoms with E-state index in [4.69, 9.17) is 14.2 Å². The summed E-state index contributed by atoms with van der Waals surface area (Å²) in [6, 6.07) is 0. The molecule has 0 heterocycles. The zero-order valence-electron chi connectivity index (χ0n) is 52.5. The van der Waals surface area contributed by atoms with E-state index in [1.165, 1.54) is 103 Å². The average molecular weight is 1120 g/mol. The number of rotatable bonds is 59. The Morgan fingerprint density at radius 1 is 0.259 bits per heavy atom. The maximum absolute atomic E-state index is 12.9. The first kappa shape index (κ1) is 76.3. The van der Waals surface area contributed by atoms with Crippen LogP contribution < -0.4 is 0 Å². The summed E-state index contributed by atoms with van der Waals surface area (Å²) < 4.78 is 16.9. The van der Waals surface area contributed by atoms with E-state index in [1.807, 2.05) is 0 Å². The minimum Gasteiger partial charge on any atom is -0.462 e. The van der Waals surface area contributed by atoms with E-state index < -0.39 is 6.10 Å². The Kier molecular flexibility index (Phi) is 63.9. The van der Waals surface area contributed by atoms with Gasteiger partial charge in [-0.1, -0.05) is 276 Å². The van der Waals surface area contributed by atoms with Crippen molar-refractivity contribution >= 4 is 17.9 Å². The molecule has 0 N–H and O–H groups in total. The second kappa shape index (κ2) is 67.8. The van der Waals surface area contributed by atoms with E-state index in [-0.39, 0.29) is 37.5 Å². The average Bonchev–Trinajstić information content (AvgIpc) is 3.47. The molecule has 1 atom stereocenters. The van der Waals surface area contributed by atoms with Gasteiger partial charge in [-0.3, -0.25) is 14.4 Å². The Morgan fingerprint density at radius 2 is 0.481 bits per heavy atom. The molecule has 0 spiro atoms. The fourth-order valence-electron chi connectivity index (χ4n) is 8.88. The lowest BCUT2D eigenvalue weighted by molar-refractivity contribution is -0.167. The van der Waals surface area contributed by atoms with Crippen molar-refractivity contribution in [3.05, 3.63) is 146 Å². The molecule has 0 aliphatic rings. The molecule has 1 unspecified atom stereocenters. The Labute approximate surface area is 499 Å². The Morgan fingerprint density at radius 3 is 0.765 bits per heavy atom. The van der Waals surface area contributed by atoms with Gasteiger partial charge < -0.3 is 14.2 Å².